The molecular formula is C33H38N6. The second kappa shape index (κ2) is 12.5. The van der Waals surface area contributed by atoms with Gasteiger partial charge >= 0.3 is 0 Å². The predicted molar refractivity (Wildman–Crippen MR) is 162 cm³/mol. The number of fused-ring (bicyclic) bond motifs is 3. The number of rotatable bonds is 9. The number of aryl methyl sites for hydroxylation is 1. The van der Waals surface area contributed by atoms with Crippen molar-refractivity contribution in [3.63, 3.8) is 0 Å². The molecule has 0 amide bonds. The minimum absolute atomic E-state index is 0.384. The highest BCUT2D eigenvalue weighted by atomic mass is 15.1. The Morgan fingerprint density at radius 3 is 2.38 bits per heavy atom. The van der Waals surface area contributed by atoms with Gasteiger partial charge in [-0.2, -0.15) is 10.4 Å². The van der Waals surface area contributed by atoms with Crippen LogP contribution in [0, 0.1) is 16.7 Å². The van der Waals surface area contributed by atoms with Crippen molar-refractivity contribution >= 4 is 27.5 Å². The van der Waals surface area contributed by atoms with E-state index in [-0.39, 0.29) is 5.41 Å². The lowest BCUT2D eigenvalue weighted by atomic mass is 9.87. The van der Waals surface area contributed by atoms with Crippen molar-refractivity contribution in [2.45, 2.75) is 53.9 Å². The highest BCUT2D eigenvalue weighted by molar-refractivity contribution is 6.11. The van der Waals surface area contributed by atoms with E-state index in [4.69, 9.17) is 0 Å². The van der Waals surface area contributed by atoms with E-state index in [2.05, 4.69) is 92.7 Å². The quantitative estimate of drug-likeness (QED) is 0.216. The van der Waals surface area contributed by atoms with E-state index in [0.29, 0.717) is 0 Å². The monoisotopic (exact) mass is 518 g/mol. The molecule has 5 aromatic rings. The number of pyridine rings is 2. The summed E-state index contributed by atoms with van der Waals surface area (Å²) in [7, 11) is 0. The normalized spacial score (nSPS) is 11.2. The van der Waals surface area contributed by atoms with Gasteiger partial charge in [0.25, 0.3) is 0 Å². The van der Waals surface area contributed by atoms with Gasteiger partial charge < -0.3 is 4.90 Å². The summed E-state index contributed by atoms with van der Waals surface area (Å²) >= 11 is 0. The zero-order valence-corrected chi connectivity index (χ0v) is 23.7. The van der Waals surface area contributed by atoms with E-state index in [1.807, 2.05) is 46.3 Å². The van der Waals surface area contributed by atoms with E-state index >= 15 is 0 Å². The smallest absolute Gasteiger partial charge is 0.101 e. The van der Waals surface area contributed by atoms with Gasteiger partial charge in [0.05, 0.1) is 28.7 Å². The first-order chi connectivity index (χ1) is 19.0. The lowest BCUT2D eigenvalue weighted by molar-refractivity contribution is 0.493. The largest absolute Gasteiger partial charge is 0.372 e. The summed E-state index contributed by atoms with van der Waals surface area (Å²) in [5.74, 6) is 0. The molecule has 6 heteroatoms. The van der Waals surface area contributed by atoms with Crippen LogP contribution in [0.1, 0.15) is 52.2 Å². The molecule has 0 saturated heterocycles. The summed E-state index contributed by atoms with van der Waals surface area (Å²) in [5.41, 5.74) is 7.17. The first kappa shape index (κ1) is 27.8. The zero-order valence-electron chi connectivity index (χ0n) is 23.7. The minimum atomic E-state index is -0.384. The Morgan fingerprint density at radius 2 is 1.69 bits per heavy atom. The maximum absolute atomic E-state index is 9.37. The topological polar surface area (TPSA) is 81.5 Å². The molecule has 3 aromatic heterocycles. The molecule has 0 bridgehead atoms. The fourth-order valence-electron chi connectivity index (χ4n) is 4.95. The van der Waals surface area contributed by atoms with Crippen LogP contribution in [0.3, 0.4) is 0 Å². The molecule has 6 nitrogen and oxygen atoms in total. The van der Waals surface area contributed by atoms with Crippen molar-refractivity contribution in [1.29, 1.82) is 5.26 Å². The summed E-state index contributed by atoms with van der Waals surface area (Å²) in [6.45, 7) is 12.1. The number of hydrogen-bond acceptors (Lipinski definition) is 5. The van der Waals surface area contributed by atoms with Crippen LogP contribution < -0.4 is 4.90 Å². The maximum atomic E-state index is 9.37. The Kier molecular flexibility index (Phi) is 8.93. The van der Waals surface area contributed by atoms with Crippen molar-refractivity contribution in [3.8, 4) is 17.3 Å². The molecule has 0 spiro atoms. The second-order valence-corrected chi connectivity index (χ2v) is 10.2. The third kappa shape index (κ3) is 6.43. The first-order valence-electron chi connectivity index (χ1n) is 13.9. The Morgan fingerprint density at radius 1 is 0.974 bits per heavy atom. The summed E-state index contributed by atoms with van der Waals surface area (Å²) in [6.07, 6.45) is 8.34. The van der Waals surface area contributed by atoms with E-state index in [1.54, 1.807) is 0 Å². The molecule has 39 heavy (non-hydrogen) atoms. The van der Waals surface area contributed by atoms with Crippen LogP contribution in [0.4, 0.5) is 5.69 Å². The summed E-state index contributed by atoms with van der Waals surface area (Å²) in [5, 5.41) is 19.4. The summed E-state index contributed by atoms with van der Waals surface area (Å²) in [6, 6.07) is 21.5. The van der Waals surface area contributed by atoms with Gasteiger partial charge in [-0.25, -0.2) is 0 Å². The van der Waals surface area contributed by atoms with Crippen LogP contribution in [0.5, 0.6) is 0 Å². The van der Waals surface area contributed by atoms with Gasteiger partial charge in [-0.05, 0) is 75.4 Å². The molecular weight excluding hydrogens is 480 g/mol. The molecule has 5 rings (SSSR count). The zero-order chi connectivity index (χ0) is 27.8. The Labute approximate surface area is 231 Å². The lowest BCUT2D eigenvalue weighted by Crippen LogP contribution is -2.24. The first-order valence-corrected chi connectivity index (χ1v) is 13.9. The van der Waals surface area contributed by atoms with Crippen LogP contribution in [0.25, 0.3) is 33.1 Å². The number of nitriles is 1. The fraction of sp³-hybridized carbons (Fsp3) is 0.333. The lowest BCUT2D eigenvalue weighted by Gasteiger charge is -2.22. The summed E-state index contributed by atoms with van der Waals surface area (Å²) < 4.78 is 0. The average molecular weight is 519 g/mol. The van der Waals surface area contributed by atoms with E-state index in [9.17, 15) is 5.26 Å². The number of H-pyrrole nitrogens is 1. The molecule has 0 aliphatic rings. The van der Waals surface area contributed by atoms with Crippen molar-refractivity contribution in [3.05, 3.63) is 84.3 Å². The number of hydrogen-bond donors (Lipinski definition) is 1. The number of anilines is 1. The number of nitrogens with one attached hydrogen (secondary N) is 1. The minimum Gasteiger partial charge on any atom is -0.372 e. The maximum Gasteiger partial charge on any atom is 0.101 e. The van der Waals surface area contributed by atoms with Gasteiger partial charge in [0.1, 0.15) is 5.69 Å². The van der Waals surface area contributed by atoms with Crippen LogP contribution in [0.15, 0.2) is 73.2 Å². The van der Waals surface area contributed by atoms with E-state index in [1.165, 1.54) is 11.3 Å². The van der Waals surface area contributed by atoms with Gasteiger partial charge in [-0.3, -0.25) is 15.1 Å². The van der Waals surface area contributed by atoms with E-state index < -0.39 is 0 Å². The SMILES string of the molecule is CC.CCN(CCCc1ccc2ncc3[nH]nc(-c4ccc(CC(C)(C)C#N)cc4)c3c2c1)c1ccncc1. The second-order valence-electron chi connectivity index (χ2n) is 10.2. The Bertz CT molecular complexity index is 1550. The Hall–Kier alpha value is -4.24. The number of aromatic amines is 1. The van der Waals surface area contributed by atoms with Crippen LogP contribution in [0.2, 0.25) is 0 Å². The fourth-order valence-corrected chi connectivity index (χ4v) is 4.95. The van der Waals surface area contributed by atoms with Crippen molar-refractivity contribution in [1.82, 2.24) is 20.2 Å². The van der Waals surface area contributed by atoms with Gasteiger partial charge in [0.2, 0.25) is 0 Å². The molecule has 0 radical (unpaired) electrons. The van der Waals surface area contributed by atoms with Crippen LogP contribution in [-0.4, -0.2) is 33.3 Å². The number of benzene rings is 2. The standard InChI is InChI=1S/C31H32N6.C2H6/c1-4-37(25-13-15-33-16-14-25)17-5-6-22-9-12-27-26(18-22)29-28(20-34-27)35-36-30(29)24-10-7-23(8-11-24)19-31(2,3)21-32;1-2/h7-16,18,20H,4-6,17,19H2,1-3H3,(H,35,36);1-2H3. The van der Waals surface area contributed by atoms with Gasteiger partial charge in [-0.1, -0.05) is 44.2 Å². The van der Waals surface area contributed by atoms with Crippen molar-refractivity contribution < 1.29 is 0 Å². The molecule has 1 N–H and O–H groups in total. The van der Waals surface area contributed by atoms with Crippen molar-refractivity contribution in [2.24, 2.45) is 5.41 Å². The van der Waals surface area contributed by atoms with Gasteiger partial charge in [0.15, 0.2) is 0 Å². The molecule has 0 saturated carbocycles. The molecule has 0 atom stereocenters. The molecule has 3 heterocycles. The van der Waals surface area contributed by atoms with Crippen molar-refractivity contribution in [2.75, 3.05) is 18.0 Å². The molecule has 0 aliphatic heterocycles. The van der Waals surface area contributed by atoms with Gasteiger partial charge in [-0.15, -0.1) is 0 Å². The number of nitrogens with zero attached hydrogens (tertiary/aromatic N) is 5. The van der Waals surface area contributed by atoms with Gasteiger partial charge in [0, 0.05) is 47.5 Å². The molecule has 200 valence electrons. The predicted octanol–water partition coefficient (Wildman–Crippen LogP) is 7.75. The highest BCUT2D eigenvalue weighted by Gasteiger charge is 2.18. The number of aromatic nitrogens is 4. The molecule has 0 aliphatic carbocycles. The average Bonchev–Trinajstić information content (AvgIpc) is 3.42. The highest BCUT2D eigenvalue weighted by Crippen LogP contribution is 2.33. The van der Waals surface area contributed by atoms with E-state index in [0.717, 1.165) is 71.0 Å². The third-order valence-corrected chi connectivity index (χ3v) is 6.94. The Balaban J connectivity index is 0.00000172. The van der Waals surface area contributed by atoms with Crippen LogP contribution in [-0.2, 0) is 12.8 Å². The van der Waals surface area contributed by atoms with Crippen LogP contribution >= 0.6 is 0 Å². The molecule has 0 fully saturated rings. The molecule has 0 unspecified atom stereocenters. The summed E-state index contributed by atoms with van der Waals surface area (Å²) in [4.78, 5) is 11.2. The third-order valence-electron chi connectivity index (χ3n) is 6.94. The molecule has 2 aromatic carbocycles.